The van der Waals surface area contributed by atoms with Crippen molar-refractivity contribution in [2.75, 3.05) is 0 Å². The Hall–Kier alpha value is -2.95. The van der Waals surface area contributed by atoms with Crippen LogP contribution in [0.1, 0.15) is 5.56 Å². The van der Waals surface area contributed by atoms with Crippen LogP contribution in [0, 0.1) is 17.0 Å². The van der Waals surface area contributed by atoms with E-state index in [1.807, 2.05) is 18.2 Å². The van der Waals surface area contributed by atoms with Crippen LogP contribution in [0.2, 0.25) is 0 Å². The Labute approximate surface area is 120 Å². The van der Waals surface area contributed by atoms with Gasteiger partial charge in [0, 0.05) is 28.6 Å². The first-order valence-corrected chi connectivity index (χ1v) is 6.44. The highest BCUT2D eigenvalue weighted by atomic mass is 16.6. The second-order valence-corrected chi connectivity index (χ2v) is 4.80. The molecule has 104 valence electrons. The molecule has 0 bridgehead atoms. The molecule has 0 fully saturated rings. The van der Waals surface area contributed by atoms with Gasteiger partial charge in [0.25, 0.3) is 5.69 Å². The lowest BCUT2D eigenvalue weighted by molar-refractivity contribution is -0.384. The minimum atomic E-state index is -0.445. The van der Waals surface area contributed by atoms with E-state index >= 15 is 0 Å². The molecule has 5 heteroatoms. The third-order valence-corrected chi connectivity index (χ3v) is 3.51. The fraction of sp³-hybridized carbons (Fsp3) is 0.0625. The van der Waals surface area contributed by atoms with Gasteiger partial charge in [0.15, 0.2) is 5.43 Å². The zero-order valence-corrected chi connectivity index (χ0v) is 11.3. The zero-order valence-electron chi connectivity index (χ0n) is 11.3. The highest BCUT2D eigenvalue weighted by molar-refractivity contribution is 5.83. The average molecular weight is 280 g/mol. The molecule has 0 aliphatic carbocycles. The lowest BCUT2D eigenvalue weighted by Crippen LogP contribution is -2.09. The fourth-order valence-corrected chi connectivity index (χ4v) is 2.37. The molecule has 1 aromatic heterocycles. The van der Waals surface area contributed by atoms with Crippen molar-refractivity contribution in [3.05, 3.63) is 74.4 Å². The molecule has 0 atom stereocenters. The second-order valence-electron chi connectivity index (χ2n) is 4.80. The van der Waals surface area contributed by atoms with Crippen LogP contribution in [0.25, 0.3) is 22.2 Å². The van der Waals surface area contributed by atoms with Crippen LogP contribution in [0.15, 0.2) is 53.3 Å². The smallest absolute Gasteiger partial charge is 0.269 e. The van der Waals surface area contributed by atoms with Crippen LogP contribution in [-0.2, 0) is 0 Å². The van der Waals surface area contributed by atoms with Crippen LogP contribution in [-0.4, -0.2) is 9.91 Å². The number of hydrogen-bond acceptors (Lipinski definition) is 3. The van der Waals surface area contributed by atoms with Gasteiger partial charge in [-0.05, 0) is 36.8 Å². The fourth-order valence-electron chi connectivity index (χ4n) is 2.37. The van der Waals surface area contributed by atoms with E-state index in [2.05, 4.69) is 4.98 Å². The van der Waals surface area contributed by atoms with Crippen molar-refractivity contribution >= 4 is 16.6 Å². The average Bonchev–Trinajstić information content (AvgIpc) is 2.51. The normalized spacial score (nSPS) is 10.7. The number of nitrogens with zero attached hydrogens (tertiary/aromatic N) is 1. The molecule has 0 spiro atoms. The van der Waals surface area contributed by atoms with E-state index < -0.39 is 4.92 Å². The summed E-state index contributed by atoms with van der Waals surface area (Å²) in [7, 11) is 0. The van der Waals surface area contributed by atoms with E-state index in [-0.39, 0.29) is 11.1 Å². The van der Waals surface area contributed by atoms with Gasteiger partial charge >= 0.3 is 0 Å². The maximum atomic E-state index is 12.4. The highest BCUT2D eigenvalue weighted by Gasteiger charge is 2.11. The molecule has 0 aliphatic heterocycles. The van der Waals surface area contributed by atoms with E-state index in [4.69, 9.17) is 0 Å². The van der Waals surface area contributed by atoms with Crippen molar-refractivity contribution in [3.63, 3.8) is 0 Å². The van der Waals surface area contributed by atoms with Gasteiger partial charge in [-0.1, -0.05) is 12.1 Å². The predicted molar refractivity (Wildman–Crippen MR) is 81.4 cm³/mol. The van der Waals surface area contributed by atoms with Gasteiger partial charge in [-0.15, -0.1) is 0 Å². The molecule has 0 saturated carbocycles. The van der Waals surface area contributed by atoms with Gasteiger partial charge in [-0.25, -0.2) is 0 Å². The molecule has 3 rings (SSSR count). The summed E-state index contributed by atoms with van der Waals surface area (Å²) >= 11 is 0. The van der Waals surface area contributed by atoms with Crippen molar-refractivity contribution in [1.29, 1.82) is 0 Å². The van der Waals surface area contributed by atoms with E-state index in [1.165, 1.54) is 12.1 Å². The number of non-ortho nitro benzene ring substituents is 1. The van der Waals surface area contributed by atoms with Crippen LogP contribution in [0.5, 0.6) is 0 Å². The first-order valence-electron chi connectivity index (χ1n) is 6.44. The maximum absolute atomic E-state index is 12.4. The van der Waals surface area contributed by atoms with E-state index in [0.717, 1.165) is 11.1 Å². The number of para-hydroxylation sites is 1. The van der Waals surface area contributed by atoms with Gasteiger partial charge in [0.2, 0.25) is 0 Å². The van der Waals surface area contributed by atoms with Gasteiger partial charge in [-0.3, -0.25) is 14.9 Å². The number of benzene rings is 2. The summed E-state index contributed by atoms with van der Waals surface area (Å²) in [6, 6.07) is 13.4. The van der Waals surface area contributed by atoms with Crippen molar-refractivity contribution < 1.29 is 4.92 Å². The Bertz CT molecular complexity index is 896. The molecule has 0 saturated heterocycles. The third-order valence-electron chi connectivity index (χ3n) is 3.51. The lowest BCUT2D eigenvalue weighted by atomic mass is 10.0. The molecule has 2 aromatic carbocycles. The topological polar surface area (TPSA) is 76.0 Å². The molecular formula is C16H12N2O3. The molecule has 3 aromatic rings. The molecule has 21 heavy (non-hydrogen) atoms. The Morgan fingerprint density at radius 3 is 2.38 bits per heavy atom. The Balaban J connectivity index is 2.22. The summed E-state index contributed by atoms with van der Waals surface area (Å²) in [6.45, 7) is 1.75. The van der Waals surface area contributed by atoms with E-state index in [0.29, 0.717) is 16.6 Å². The van der Waals surface area contributed by atoms with Crippen LogP contribution < -0.4 is 5.43 Å². The summed E-state index contributed by atoms with van der Waals surface area (Å²) < 4.78 is 0. The monoisotopic (exact) mass is 280 g/mol. The molecule has 0 unspecified atom stereocenters. The number of hydrogen-bond donors (Lipinski definition) is 1. The van der Waals surface area contributed by atoms with Gasteiger partial charge in [-0.2, -0.15) is 0 Å². The third kappa shape index (κ3) is 2.18. The minimum absolute atomic E-state index is 0.0274. The van der Waals surface area contributed by atoms with Gasteiger partial charge in [0.1, 0.15) is 0 Å². The first-order chi connectivity index (χ1) is 10.1. The van der Waals surface area contributed by atoms with Crippen molar-refractivity contribution in [3.8, 4) is 11.3 Å². The molecule has 0 amide bonds. The minimum Gasteiger partial charge on any atom is -0.354 e. The molecule has 5 nitrogen and oxygen atoms in total. The lowest BCUT2D eigenvalue weighted by Gasteiger charge is -2.08. The van der Waals surface area contributed by atoms with Gasteiger partial charge in [0.05, 0.1) is 10.6 Å². The summed E-state index contributed by atoms with van der Waals surface area (Å²) in [4.78, 5) is 25.8. The zero-order chi connectivity index (χ0) is 15.0. The highest BCUT2D eigenvalue weighted by Crippen LogP contribution is 2.24. The number of nitro groups is 1. The first kappa shape index (κ1) is 13.1. The Morgan fingerprint density at radius 2 is 1.71 bits per heavy atom. The molecule has 1 N–H and O–H groups in total. The number of aromatic amines is 1. The molecule has 1 heterocycles. The van der Waals surface area contributed by atoms with Crippen LogP contribution in [0.4, 0.5) is 5.69 Å². The quantitative estimate of drug-likeness (QED) is 0.577. The van der Waals surface area contributed by atoms with Crippen molar-refractivity contribution in [2.45, 2.75) is 6.92 Å². The van der Waals surface area contributed by atoms with Crippen molar-refractivity contribution in [2.24, 2.45) is 0 Å². The number of nitro benzene ring substituents is 1. The van der Waals surface area contributed by atoms with Crippen LogP contribution in [0.3, 0.4) is 0 Å². The number of H-pyrrole nitrogens is 1. The predicted octanol–water partition coefficient (Wildman–Crippen LogP) is 3.41. The largest absolute Gasteiger partial charge is 0.354 e. The Morgan fingerprint density at radius 1 is 1.05 bits per heavy atom. The second kappa shape index (κ2) is 4.86. The van der Waals surface area contributed by atoms with Gasteiger partial charge < -0.3 is 4.98 Å². The van der Waals surface area contributed by atoms with Crippen molar-refractivity contribution in [1.82, 2.24) is 4.98 Å². The number of pyridine rings is 1. The molecule has 0 radical (unpaired) electrons. The maximum Gasteiger partial charge on any atom is 0.269 e. The molecule has 0 aliphatic rings. The number of rotatable bonds is 2. The van der Waals surface area contributed by atoms with E-state index in [1.54, 1.807) is 25.1 Å². The van der Waals surface area contributed by atoms with E-state index in [9.17, 15) is 14.9 Å². The van der Waals surface area contributed by atoms with Crippen LogP contribution >= 0.6 is 0 Å². The summed E-state index contributed by atoms with van der Waals surface area (Å²) in [5.74, 6) is 0. The summed E-state index contributed by atoms with van der Waals surface area (Å²) in [6.07, 6.45) is 0. The Kier molecular flexibility index (Phi) is 3.02. The number of nitrogens with one attached hydrogen (secondary N) is 1. The molecular weight excluding hydrogens is 268 g/mol. The summed E-state index contributed by atoms with van der Waals surface area (Å²) in [5.41, 5.74) is 2.79. The summed E-state index contributed by atoms with van der Waals surface area (Å²) in [5, 5.41) is 11.3. The SMILES string of the molecule is Cc1c(-c2ccc([N+](=O)[O-])cc2)[nH]c2ccccc2c1=O. The standard InChI is InChI=1S/C16H12N2O3/c1-10-15(11-6-8-12(9-7-11)18(20)21)17-14-5-3-2-4-13(14)16(10)19/h2-9H,1H3,(H,17,19). The number of fused-ring (bicyclic) bond motifs is 1. The number of aromatic nitrogens is 1.